The van der Waals surface area contributed by atoms with Crippen LogP contribution in [0.2, 0.25) is 0 Å². The molecule has 2 rings (SSSR count). The molecule has 0 aliphatic heterocycles. The fourth-order valence-electron chi connectivity index (χ4n) is 1.66. The summed E-state index contributed by atoms with van der Waals surface area (Å²) in [6.07, 6.45) is 2.61. The van der Waals surface area contributed by atoms with Gasteiger partial charge < -0.3 is 4.74 Å². The van der Waals surface area contributed by atoms with Crippen LogP contribution >= 0.6 is 0 Å². The summed E-state index contributed by atoms with van der Waals surface area (Å²) in [5, 5.41) is 8.76. The summed E-state index contributed by atoms with van der Waals surface area (Å²) in [5.41, 5.74) is 1.57. The molecule has 2 aromatic rings. The SMILES string of the molecule is CCC(C)c1ccc(Oc2nccc(C#N)n2)cc1. The lowest BCUT2D eigenvalue weighted by atomic mass is 9.99. The molecule has 4 heteroatoms. The van der Waals surface area contributed by atoms with Crippen molar-refractivity contribution in [2.45, 2.75) is 26.2 Å². The summed E-state index contributed by atoms with van der Waals surface area (Å²) in [4.78, 5) is 7.94. The average Bonchev–Trinajstić information content (AvgIpc) is 2.47. The molecule has 4 nitrogen and oxygen atoms in total. The van der Waals surface area contributed by atoms with Crippen LogP contribution in [0.1, 0.15) is 37.4 Å². The minimum atomic E-state index is 0.190. The third-order valence-electron chi connectivity index (χ3n) is 3.02. The fraction of sp³-hybridized carbons (Fsp3) is 0.267. The maximum Gasteiger partial charge on any atom is 0.323 e. The van der Waals surface area contributed by atoms with Gasteiger partial charge in [-0.05, 0) is 36.1 Å². The number of benzene rings is 1. The number of rotatable bonds is 4. The molecule has 0 spiro atoms. The van der Waals surface area contributed by atoms with Crippen LogP contribution in [0, 0.1) is 11.3 Å². The van der Waals surface area contributed by atoms with E-state index in [0.29, 0.717) is 17.4 Å². The Morgan fingerprint density at radius 3 is 2.63 bits per heavy atom. The molecule has 19 heavy (non-hydrogen) atoms. The second-order valence-corrected chi connectivity index (χ2v) is 4.32. The van der Waals surface area contributed by atoms with Crippen molar-refractivity contribution in [2.24, 2.45) is 0 Å². The van der Waals surface area contributed by atoms with Gasteiger partial charge in [-0.25, -0.2) is 4.98 Å². The smallest absolute Gasteiger partial charge is 0.323 e. The van der Waals surface area contributed by atoms with Gasteiger partial charge in [0.25, 0.3) is 0 Å². The van der Waals surface area contributed by atoms with E-state index in [-0.39, 0.29) is 6.01 Å². The van der Waals surface area contributed by atoms with Crippen LogP contribution < -0.4 is 4.74 Å². The van der Waals surface area contributed by atoms with Crippen LogP contribution in [0.25, 0.3) is 0 Å². The summed E-state index contributed by atoms with van der Waals surface area (Å²) < 4.78 is 5.52. The van der Waals surface area contributed by atoms with Gasteiger partial charge in [0, 0.05) is 6.20 Å². The van der Waals surface area contributed by atoms with Crippen molar-refractivity contribution >= 4 is 0 Å². The van der Waals surface area contributed by atoms with Gasteiger partial charge in [-0.15, -0.1) is 0 Å². The molecule has 0 aliphatic rings. The summed E-state index contributed by atoms with van der Waals surface area (Å²) in [5.74, 6) is 1.20. The van der Waals surface area contributed by atoms with Crippen LogP contribution in [0.3, 0.4) is 0 Å². The molecule has 0 aliphatic carbocycles. The predicted octanol–water partition coefficient (Wildman–Crippen LogP) is 3.65. The fourth-order valence-corrected chi connectivity index (χ4v) is 1.66. The van der Waals surface area contributed by atoms with Gasteiger partial charge >= 0.3 is 6.01 Å². The second-order valence-electron chi connectivity index (χ2n) is 4.32. The molecule has 1 aromatic carbocycles. The first kappa shape index (κ1) is 13.0. The maximum absolute atomic E-state index is 8.76. The molecule has 1 heterocycles. The zero-order chi connectivity index (χ0) is 13.7. The van der Waals surface area contributed by atoms with E-state index in [0.717, 1.165) is 6.42 Å². The lowest BCUT2D eigenvalue weighted by molar-refractivity contribution is 0.441. The maximum atomic E-state index is 8.76. The number of ether oxygens (including phenoxy) is 1. The van der Waals surface area contributed by atoms with E-state index in [1.807, 2.05) is 30.3 Å². The minimum Gasteiger partial charge on any atom is -0.424 e. The first-order valence-corrected chi connectivity index (χ1v) is 6.24. The highest BCUT2D eigenvalue weighted by Crippen LogP contribution is 2.23. The highest BCUT2D eigenvalue weighted by atomic mass is 16.5. The highest BCUT2D eigenvalue weighted by molar-refractivity contribution is 5.31. The van der Waals surface area contributed by atoms with Crippen LogP contribution in [-0.2, 0) is 0 Å². The lowest BCUT2D eigenvalue weighted by Gasteiger charge is -2.09. The van der Waals surface area contributed by atoms with Crippen molar-refractivity contribution in [3.8, 4) is 17.8 Å². The quantitative estimate of drug-likeness (QED) is 0.834. The Hall–Kier alpha value is -2.41. The van der Waals surface area contributed by atoms with E-state index < -0.39 is 0 Å². The van der Waals surface area contributed by atoms with Crippen molar-refractivity contribution in [1.82, 2.24) is 9.97 Å². The van der Waals surface area contributed by atoms with Crippen molar-refractivity contribution in [2.75, 3.05) is 0 Å². The first-order valence-electron chi connectivity index (χ1n) is 6.24. The molecular weight excluding hydrogens is 238 g/mol. The van der Waals surface area contributed by atoms with Crippen LogP contribution in [0.15, 0.2) is 36.5 Å². The molecule has 1 atom stereocenters. The van der Waals surface area contributed by atoms with Crippen molar-refractivity contribution in [3.63, 3.8) is 0 Å². The van der Waals surface area contributed by atoms with Gasteiger partial charge in [0.2, 0.25) is 0 Å². The van der Waals surface area contributed by atoms with E-state index >= 15 is 0 Å². The van der Waals surface area contributed by atoms with E-state index in [2.05, 4.69) is 23.8 Å². The second kappa shape index (κ2) is 5.96. The van der Waals surface area contributed by atoms with Gasteiger partial charge in [0.15, 0.2) is 0 Å². The summed E-state index contributed by atoms with van der Waals surface area (Å²) in [6.45, 7) is 4.35. The molecule has 1 unspecified atom stereocenters. The third-order valence-corrected chi connectivity index (χ3v) is 3.02. The van der Waals surface area contributed by atoms with Crippen molar-refractivity contribution < 1.29 is 4.74 Å². The molecule has 0 saturated heterocycles. The molecular formula is C15H15N3O. The predicted molar refractivity (Wildman–Crippen MR) is 72.0 cm³/mol. The number of hydrogen-bond donors (Lipinski definition) is 0. The topological polar surface area (TPSA) is 58.8 Å². The minimum absolute atomic E-state index is 0.190. The number of aromatic nitrogens is 2. The first-order chi connectivity index (χ1) is 9.22. The zero-order valence-electron chi connectivity index (χ0n) is 11.0. The van der Waals surface area contributed by atoms with E-state index in [9.17, 15) is 0 Å². The Balaban J connectivity index is 2.13. The average molecular weight is 253 g/mol. The molecule has 0 saturated carbocycles. The molecule has 0 fully saturated rings. The monoisotopic (exact) mass is 253 g/mol. The van der Waals surface area contributed by atoms with E-state index in [1.54, 1.807) is 6.07 Å². The zero-order valence-corrected chi connectivity index (χ0v) is 11.0. The molecule has 0 bridgehead atoms. The summed E-state index contributed by atoms with van der Waals surface area (Å²) in [6, 6.07) is 11.5. The van der Waals surface area contributed by atoms with Crippen molar-refractivity contribution in [1.29, 1.82) is 5.26 Å². The Kier molecular flexibility index (Phi) is 4.09. The van der Waals surface area contributed by atoms with Gasteiger partial charge in [-0.2, -0.15) is 10.2 Å². The number of hydrogen-bond acceptors (Lipinski definition) is 4. The molecule has 1 aromatic heterocycles. The Bertz CT molecular complexity index is 587. The summed E-state index contributed by atoms with van der Waals surface area (Å²) in [7, 11) is 0. The van der Waals surface area contributed by atoms with Crippen LogP contribution in [0.4, 0.5) is 0 Å². The Morgan fingerprint density at radius 2 is 2.00 bits per heavy atom. The summed E-state index contributed by atoms with van der Waals surface area (Å²) >= 11 is 0. The highest BCUT2D eigenvalue weighted by Gasteiger charge is 2.05. The number of nitrogens with zero attached hydrogens (tertiary/aromatic N) is 3. The van der Waals surface area contributed by atoms with Gasteiger partial charge in [-0.3, -0.25) is 0 Å². The van der Waals surface area contributed by atoms with E-state index in [1.165, 1.54) is 11.8 Å². The lowest BCUT2D eigenvalue weighted by Crippen LogP contribution is -1.94. The Morgan fingerprint density at radius 1 is 1.26 bits per heavy atom. The largest absolute Gasteiger partial charge is 0.424 e. The van der Waals surface area contributed by atoms with E-state index in [4.69, 9.17) is 10.00 Å². The molecule has 0 N–H and O–H groups in total. The van der Waals surface area contributed by atoms with Gasteiger partial charge in [0.1, 0.15) is 17.5 Å². The molecule has 96 valence electrons. The third kappa shape index (κ3) is 3.29. The van der Waals surface area contributed by atoms with Crippen LogP contribution in [0.5, 0.6) is 11.8 Å². The Labute approximate surface area is 112 Å². The number of nitriles is 1. The van der Waals surface area contributed by atoms with Gasteiger partial charge in [0.05, 0.1) is 0 Å². The standard InChI is InChI=1S/C15H15N3O/c1-3-11(2)12-4-6-14(7-5-12)19-15-17-9-8-13(10-16)18-15/h4-9,11H,3H2,1-2H3. The van der Waals surface area contributed by atoms with Crippen LogP contribution in [-0.4, -0.2) is 9.97 Å². The molecule has 0 amide bonds. The van der Waals surface area contributed by atoms with Gasteiger partial charge in [-0.1, -0.05) is 26.0 Å². The van der Waals surface area contributed by atoms with Crippen molar-refractivity contribution in [3.05, 3.63) is 47.8 Å². The molecule has 0 radical (unpaired) electrons. The normalized spacial score (nSPS) is 11.6.